The van der Waals surface area contributed by atoms with Crippen LogP contribution in [0.1, 0.15) is 0 Å². The van der Waals surface area contributed by atoms with E-state index in [1.165, 1.54) is 0 Å². The predicted octanol–water partition coefficient (Wildman–Crippen LogP) is 2.46. The lowest BCUT2D eigenvalue weighted by atomic mass is 10.3. The minimum absolute atomic E-state index is 0.978. The highest BCUT2D eigenvalue weighted by molar-refractivity contribution is 5.74. The lowest BCUT2D eigenvalue weighted by molar-refractivity contribution is 0.564. The van der Waals surface area contributed by atoms with E-state index in [1.54, 1.807) is 6.21 Å². The van der Waals surface area contributed by atoms with E-state index in [4.69, 9.17) is 0 Å². The number of nitrogens with zero attached hydrogens (tertiary/aromatic N) is 2. The quantitative estimate of drug-likeness (QED) is 0.643. The third-order valence-corrected chi connectivity index (χ3v) is 1.45. The summed E-state index contributed by atoms with van der Waals surface area (Å²) in [6, 6.07) is 9.87. The summed E-state index contributed by atoms with van der Waals surface area (Å²) in [5, 5.41) is 0. The summed E-state index contributed by atoms with van der Waals surface area (Å²) in [4.78, 5) is 6.21. The zero-order chi connectivity index (χ0) is 9.52. The molecule has 1 aromatic carbocycles. The summed E-state index contributed by atoms with van der Waals surface area (Å²) in [6.07, 6.45) is 5.65. The Morgan fingerprint density at radius 2 is 1.85 bits per heavy atom. The van der Waals surface area contributed by atoms with Gasteiger partial charge >= 0.3 is 0 Å². The summed E-state index contributed by atoms with van der Waals surface area (Å²) < 4.78 is 0. The molecule has 0 saturated heterocycles. The van der Waals surface area contributed by atoms with E-state index in [-0.39, 0.29) is 0 Å². The molecule has 0 aromatic heterocycles. The van der Waals surface area contributed by atoms with Crippen molar-refractivity contribution in [1.29, 1.82) is 0 Å². The molecule has 1 aromatic rings. The second-order valence-corrected chi connectivity index (χ2v) is 2.92. The van der Waals surface area contributed by atoms with E-state index in [2.05, 4.69) is 4.99 Å². The largest absolute Gasteiger partial charge is 0.383 e. The third kappa shape index (κ3) is 4.11. The van der Waals surface area contributed by atoms with E-state index < -0.39 is 0 Å². The molecule has 0 heterocycles. The highest BCUT2D eigenvalue weighted by Gasteiger charge is 1.80. The Morgan fingerprint density at radius 1 is 1.15 bits per heavy atom. The minimum Gasteiger partial charge on any atom is -0.383 e. The normalized spacial score (nSPS) is 11.2. The van der Waals surface area contributed by atoms with Gasteiger partial charge in [-0.3, -0.25) is 4.99 Å². The van der Waals surface area contributed by atoms with Crippen molar-refractivity contribution < 1.29 is 0 Å². The number of allylic oxidation sites excluding steroid dienone is 1. The zero-order valence-corrected chi connectivity index (χ0v) is 8.01. The molecule has 68 valence electrons. The molecule has 0 spiro atoms. The van der Waals surface area contributed by atoms with E-state index in [0.717, 1.165) is 5.69 Å². The van der Waals surface area contributed by atoms with Gasteiger partial charge in [0.1, 0.15) is 0 Å². The smallest absolute Gasteiger partial charge is 0.0629 e. The summed E-state index contributed by atoms with van der Waals surface area (Å²) in [7, 11) is 3.96. The first-order chi connectivity index (χ1) is 6.29. The van der Waals surface area contributed by atoms with E-state index >= 15 is 0 Å². The van der Waals surface area contributed by atoms with Gasteiger partial charge in [0.2, 0.25) is 0 Å². The molecule has 0 aliphatic heterocycles. The van der Waals surface area contributed by atoms with Crippen LogP contribution in [0.25, 0.3) is 0 Å². The van der Waals surface area contributed by atoms with Crippen LogP contribution in [0, 0.1) is 0 Å². The van der Waals surface area contributed by atoms with Gasteiger partial charge in [-0.1, -0.05) is 18.2 Å². The SMILES string of the molecule is CN(C)C=CC=Nc1ccccc1. The van der Waals surface area contributed by atoms with Crippen molar-refractivity contribution in [3.63, 3.8) is 0 Å². The Hall–Kier alpha value is -1.57. The Morgan fingerprint density at radius 3 is 2.46 bits per heavy atom. The molecule has 1 rings (SSSR count). The summed E-state index contributed by atoms with van der Waals surface area (Å²) >= 11 is 0. The predicted molar refractivity (Wildman–Crippen MR) is 57.4 cm³/mol. The number of aliphatic imine (C=N–C) groups is 1. The van der Waals surface area contributed by atoms with Crippen molar-refractivity contribution in [2.45, 2.75) is 0 Å². The van der Waals surface area contributed by atoms with Crippen LogP contribution in [-0.4, -0.2) is 25.2 Å². The van der Waals surface area contributed by atoms with Gasteiger partial charge in [-0.05, 0) is 18.2 Å². The molecular weight excluding hydrogens is 160 g/mol. The van der Waals surface area contributed by atoms with Crippen LogP contribution < -0.4 is 0 Å². The van der Waals surface area contributed by atoms with Crippen molar-refractivity contribution in [3.8, 4) is 0 Å². The van der Waals surface area contributed by atoms with Crippen molar-refractivity contribution in [2.75, 3.05) is 14.1 Å². The van der Waals surface area contributed by atoms with Gasteiger partial charge < -0.3 is 4.90 Å². The van der Waals surface area contributed by atoms with Gasteiger partial charge in [-0.15, -0.1) is 0 Å². The second-order valence-electron chi connectivity index (χ2n) is 2.92. The van der Waals surface area contributed by atoms with Crippen LogP contribution in [0.5, 0.6) is 0 Å². The molecule has 2 nitrogen and oxygen atoms in total. The average Bonchev–Trinajstić information content (AvgIpc) is 2.14. The van der Waals surface area contributed by atoms with Gasteiger partial charge in [0.15, 0.2) is 0 Å². The number of hydrogen-bond donors (Lipinski definition) is 0. The van der Waals surface area contributed by atoms with Crippen LogP contribution in [0.2, 0.25) is 0 Å². The Kier molecular flexibility index (Phi) is 3.76. The van der Waals surface area contributed by atoms with Crippen LogP contribution >= 0.6 is 0 Å². The first-order valence-electron chi connectivity index (χ1n) is 4.21. The van der Waals surface area contributed by atoms with Crippen LogP contribution in [0.4, 0.5) is 5.69 Å². The lowest BCUT2D eigenvalue weighted by Crippen LogP contribution is -1.99. The van der Waals surface area contributed by atoms with Crippen LogP contribution in [-0.2, 0) is 0 Å². The van der Waals surface area contributed by atoms with Crippen molar-refractivity contribution >= 4 is 11.9 Å². The average molecular weight is 174 g/mol. The third-order valence-electron chi connectivity index (χ3n) is 1.45. The highest BCUT2D eigenvalue weighted by Crippen LogP contribution is 2.07. The molecule has 0 saturated carbocycles. The Balaban J connectivity index is 2.50. The second kappa shape index (κ2) is 5.14. The standard InChI is InChI=1S/C11H14N2/c1-13(2)10-6-9-12-11-7-4-3-5-8-11/h3-10H,1-2H3. The van der Waals surface area contributed by atoms with Crippen molar-refractivity contribution in [1.82, 2.24) is 4.90 Å². The minimum atomic E-state index is 0.978. The maximum Gasteiger partial charge on any atom is 0.0629 e. The first-order valence-corrected chi connectivity index (χ1v) is 4.21. The zero-order valence-electron chi connectivity index (χ0n) is 8.01. The van der Waals surface area contributed by atoms with Gasteiger partial charge in [-0.25, -0.2) is 0 Å². The molecule has 0 atom stereocenters. The highest BCUT2D eigenvalue weighted by atomic mass is 15.0. The van der Waals surface area contributed by atoms with Gasteiger partial charge in [-0.2, -0.15) is 0 Å². The maximum absolute atomic E-state index is 4.24. The van der Waals surface area contributed by atoms with E-state index in [9.17, 15) is 0 Å². The monoisotopic (exact) mass is 174 g/mol. The molecule has 0 fully saturated rings. The molecular formula is C11H14N2. The molecule has 0 unspecified atom stereocenters. The molecule has 0 radical (unpaired) electrons. The Bertz CT molecular complexity index is 286. The fraction of sp³-hybridized carbons (Fsp3) is 0.182. The lowest BCUT2D eigenvalue weighted by Gasteiger charge is -2.00. The Labute approximate surface area is 79.2 Å². The fourth-order valence-electron chi connectivity index (χ4n) is 0.854. The van der Waals surface area contributed by atoms with Crippen LogP contribution in [0.15, 0.2) is 47.6 Å². The molecule has 0 amide bonds. The number of rotatable bonds is 3. The van der Waals surface area contributed by atoms with E-state index in [1.807, 2.05) is 61.6 Å². The first kappa shape index (κ1) is 9.52. The van der Waals surface area contributed by atoms with Gasteiger partial charge in [0.25, 0.3) is 0 Å². The molecule has 0 aliphatic rings. The summed E-state index contributed by atoms with van der Waals surface area (Å²) in [5.74, 6) is 0. The number of benzene rings is 1. The summed E-state index contributed by atoms with van der Waals surface area (Å²) in [5.41, 5.74) is 0.978. The van der Waals surface area contributed by atoms with Gasteiger partial charge in [0.05, 0.1) is 5.69 Å². The molecule has 2 heteroatoms. The topological polar surface area (TPSA) is 15.6 Å². The molecule has 13 heavy (non-hydrogen) atoms. The molecule has 0 bridgehead atoms. The van der Waals surface area contributed by atoms with Crippen molar-refractivity contribution in [2.24, 2.45) is 4.99 Å². The van der Waals surface area contributed by atoms with Gasteiger partial charge in [0, 0.05) is 26.5 Å². The van der Waals surface area contributed by atoms with Crippen LogP contribution in [0.3, 0.4) is 0 Å². The number of hydrogen-bond acceptors (Lipinski definition) is 2. The number of para-hydroxylation sites is 1. The van der Waals surface area contributed by atoms with Crippen molar-refractivity contribution in [3.05, 3.63) is 42.6 Å². The summed E-state index contributed by atoms with van der Waals surface area (Å²) in [6.45, 7) is 0. The molecule has 0 aliphatic carbocycles. The maximum atomic E-state index is 4.24. The molecule has 0 N–H and O–H groups in total. The fourth-order valence-corrected chi connectivity index (χ4v) is 0.854. The van der Waals surface area contributed by atoms with E-state index in [0.29, 0.717) is 0 Å².